The van der Waals surface area contributed by atoms with Crippen molar-refractivity contribution in [2.45, 2.75) is 46.0 Å². The highest BCUT2D eigenvalue weighted by atomic mass is 32.1. The van der Waals surface area contributed by atoms with Gasteiger partial charge in [0.15, 0.2) is 0 Å². The molecule has 0 N–H and O–H groups in total. The summed E-state index contributed by atoms with van der Waals surface area (Å²) in [6.45, 7) is 6.50. The summed E-state index contributed by atoms with van der Waals surface area (Å²) in [7, 11) is 0. The normalized spacial score (nSPS) is 12.5. The highest BCUT2D eigenvalue weighted by Crippen LogP contribution is 2.38. The fraction of sp³-hybridized carbons (Fsp3) is 0.333. The Bertz CT molecular complexity index is 751. The van der Waals surface area contributed by atoms with Gasteiger partial charge in [-0.25, -0.2) is 0 Å². The molecule has 0 spiro atoms. The van der Waals surface area contributed by atoms with Crippen LogP contribution in [0.1, 0.15) is 53.4 Å². The van der Waals surface area contributed by atoms with Crippen LogP contribution in [0.5, 0.6) is 0 Å². The van der Waals surface area contributed by atoms with Crippen LogP contribution in [-0.4, -0.2) is 0 Å². The second-order valence-electron chi connectivity index (χ2n) is 6.13. The highest BCUT2D eigenvalue weighted by molar-refractivity contribution is 7.12. The lowest BCUT2D eigenvalue weighted by Gasteiger charge is -2.12. The molecule has 0 fully saturated rings. The van der Waals surface area contributed by atoms with Gasteiger partial charge in [-0.1, -0.05) is 50.1 Å². The number of thiophene rings is 1. The van der Waals surface area contributed by atoms with Crippen molar-refractivity contribution in [1.82, 2.24) is 0 Å². The summed E-state index contributed by atoms with van der Waals surface area (Å²) in [6.07, 6.45) is 3.59. The monoisotopic (exact) mass is 324 g/mol. The Morgan fingerprint density at radius 3 is 2.48 bits per heavy atom. The maximum absolute atomic E-state index is 6.20. The fourth-order valence-corrected chi connectivity index (χ4v) is 4.08. The first-order valence-corrected chi connectivity index (χ1v) is 9.22. The average Bonchev–Trinajstić information content (AvgIpc) is 3.15. The van der Waals surface area contributed by atoms with Gasteiger partial charge in [0.1, 0.15) is 11.5 Å². The smallest absolute Gasteiger partial charge is 0.113 e. The second kappa shape index (κ2) is 7.18. The molecule has 1 nitrogen and oxygen atoms in total. The Morgan fingerprint density at radius 2 is 1.83 bits per heavy atom. The topological polar surface area (TPSA) is 13.1 Å². The van der Waals surface area contributed by atoms with E-state index in [1.54, 1.807) is 0 Å². The number of furan rings is 1. The Morgan fingerprint density at radius 1 is 1.04 bits per heavy atom. The first-order chi connectivity index (χ1) is 11.2. The molecule has 23 heavy (non-hydrogen) atoms. The lowest BCUT2D eigenvalue weighted by atomic mass is 9.96. The van der Waals surface area contributed by atoms with Crippen molar-refractivity contribution in [3.8, 4) is 11.1 Å². The molecular weight excluding hydrogens is 300 g/mol. The summed E-state index contributed by atoms with van der Waals surface area (Å²) in [5.74, 6) is 2.50. The van der Waals surface area contributed by atoms with E-state index in [-0.39, 0.29) is 0 Å². The average molecular weight is 324 g/mol. The quantitative estimate of drug-likeness (QED) is 0.478. The highest BCUT2D eigenvalue weighted by Gasteiger charge is 2.21. The summed E-state index contributed by atoms with van der Waals surface area (Å²) in [5.41, 5.74) is 2.45. The molecule has 2 heteroatoms. The van der Waals surface area contributed by atoms with Gasteiger partial charge in [0, 0.05) is 15.3 Å². The predicted molar refractivity (Wildman–Crippen MR) is 99.3 cm³/mol. The van der Waals surface area contributed by atoms with E-state index in [0.29, 0.717) is 5.92 Å². The molecule has 1 atom stereocenters. The summed E-state index contributed by atoms with van der Waals surface area (Å²) < 4.78 is 6.20. The molecule has 2 aromatic heterocycles. The largest absolute Gasteiger partial charge is 0.465 e. The van der Waals surface area contributed by atoms with Crippen molar-refractivity contribution in [2.24, 2.45) is 0 Å². The van der Waals surface area contributed by atoms with Crippen molar-refractivity contribution < 1.29 is 4.42 Å². The molecule has 120 valence electrons. The fourth-order valence-electron chi connectivity index (χ4n) is 3.05. The summed E-state index contributed by atoms with van der Waals surface area (Å²) in [6, 6.07) is 17.2. The van der Waals surface area contributed by atoms with Crippen LogP contribution in [0.3, 0.4) is 0 Å². The zero-order valence-corrected chi connectivity index (χ0v) is 15.0. The maximum atomic E-state index is 6.20. The molecule has 1 unspecified atom stereocenters. The van der Waals surface area contributed by atoms with Crippen LogP contribution < -0.4 is 0 Å². The summed E-state index contributed by atoms with van der Waals surface area (Å²) in [5, 5.41) is 0. The SMILES string of the molecule is CCCCC(c1cc(-c2ccccc2)c(C)o1)c1ccc(C)s1. The standard InChI is InChI=1S/C21H24OS/c1-4-5-11-18(21-13-12-15(2)23-21)20-14-19(16(3)22-20)17-9-7-6-8-10-17/h6-10,12-14,18H,4-5,11H2,1-3H3. The molecule has 0 saturated carbocycles. The number of hydrogen-bond donors (Lipinski definition) is 0. The van der Waals surface area contributed by atoms with E-state index in [2.05, 4.69) is 69.3 Å². The van der Waals surface area contributed by atoms with Gasteiger partial charge in [0.05, 0.1) is 5.92 Å². The lowest BCUT2D eigenvalue weighted by molar-refractivity contribution is 0.451. The van der Waals surface area contributed by atoms with Crippen LogP contribution in [0.15, 0.2) is 52.9 Å². The molecule has 0 aliphatic rings. The Kier molecular flexibility index (Phi) is 5.02. The number of aryl methyl sites for hydroxylation is 2. The predicted octanol–water partition coefficient (Wildman–Crippen LogP) is 6.95. The van der Waals surface area contributed by atoms with Gasteiger partial charge in [-0.3, -0.25) is 0 Å². The number of hydrogen-bond acceptors (Lipinski definition) is 2. The van der Waals surface area contributed by atoms with Crippen LogP contribution in [-0.2, 0) is 0 Å². The zero-order chi connectivity index (χ0) is 16.2. The van der Waals surface area contributed by atoms with E-state index in [1.165, 1.54) is 33.7 Å². The molecule has 0 aliphatic carbocycles. The molecule has 0 saturated heterocycles. The van der Waals surface area contributed by atoms with E-state index in [0.717, 1.165) is 17.9 Å². The van der Waals surface area contributed by atoms with Gasteiger partial charge in [0.2, 0.25) is 0 Å². The molecule has 0 radical (unpaired) electrons. The Balaban J connectivity index is 1.97. The van der Waals surface area contributed by atoms with Gasteiger partial charge < -0.3 is 4.42 Å². The van der Waals surface area contributed by atoms with Crippen molar-refractivity contribution in [1.29, 1.82) is 0 Å². The van der Waals surface area contributed by atoms with E-state index in [9.17, 15) is 0 Å². The number of rotatable bonds is 6. The first-order valence-electron chi connectivity index (χ1n) is 8.41. The van der Waals surface area contributed by atoms with Gasteiger partial charge in [-0.15, -0.1) is 11.3 Å². The minimum absolute atomic E-state index is 0.379. The van der Waals surface area contributed by atoms with E-state index < -0.39 is 0 Å². The third kappa shape index (κ3) is 3.59. The molecule has 3 aromatic rings. The molecule has 0 aliphatic heterocycles. The van der Waals surface area contributed by atoms with Crippen LogP contribution in [0.4, 0.5) is 0 Å². The number of benzene rings is 1. The minimum atomic E-state index is 0.379. The number of unbranched alkanes of at least 4 members (excludes halogenated alkanes) is 1. The maximum Gasteiger partial charge on any atom is 0.113 e. The molecule has 0 amide bonds. The minimum Gasteiger partial charge on any atom is -0.465 e. The van der Waals surface area contributed by atoms with Crippen molar-refractivity contribution in [3.05, 3.63) is 69.8 Å². The second-order valence-corrected chi connectivity index (χ2v) is 7.45. The van der Waals surface area contributed by atoms with Gasteiger partial charge >= 0.3 is 0 Å². The van der Waals surface area contributed by atoms with E-state index in [4.69, 9.17) is 4.42 Å². The summed E-state index contributed by atoms with van der Waals surface area (Å²) in [4.78, 5) is 2.79. The van der Waals surface area contributed by atoms with Crippen molar-refractivity contribution >= 4 is 11.3 Å². The summed E-state index contributed by atoms with van der Waals surface area (Å²) >= 11 is 1.89. The van der Waals surface area contributed by atoms with Crippen LogP contribution >= 0.6 is 11.3 Å². The Hall–Kier alpha value is -1.80. The van der Waals surface area contributed by atoms with Crippen molar-refractivity contribution in [3.63, 3.8) is 0 Å². The van der Waals surface area contributed by atoms with Gasteiger partial charge in [-0.05, 0) is 44.0 Å². The lowest BCUT2D eigenvalue weighted by Crippen LogP contribution is -1.97. The van der Waals surface area contributed by atoms with E-state index in [1.807, 2.05) is 11.3 Å². The first kappa shape index (κ1) is 16.1. The third-order valence-electron chi connectivity index (χ3n) is 4.32. The Labute approximate surface area is 143 Å². The van der Waals surface area contributed by atoms with Crippen LogP contribution in [0.25, 0.3) is 11.1 Å². The molecule has 3 rings (SSSR count). The zero-order valence-electron chi connectivity index (χ0n) is 14.1. The van der Waals surface area contributed by atoms with Crippen LogP contribution in [0, 0.1) is 13.8 Å². The molecule has 1 aromatic carbocycles. The third-order valence-corrected chi connectivity index (χ3v) is 5.43. The molecular formula is C21H24OS. The van der Waals surface area contributed by atoms with Gasteiger partial charge in [0.25, 0.3) is 0 Å². The van der Waals surface area contributed by atoms with E-state index >= 15 is 0 Å². The van der Waals surface area contributed by atoms with Crippen molar-refractivity contribution in [2.75, 3.05) is 0 Å². The van der Waals surface area contributed by atoms with Crippen LogP contribution in [0.2, 0.25) is 0 Å². The molecule has 0 bridgehead atoms. The molecule has 2 heterocycles. The van der Waals surface area contributed by atoms with Gasteiger partial charge in [-0.2, -0.15) is 0 Å².